The first-order valence-corrected chi connectivity index (χ1v) is 6.72. The van der Waals surface area contributed by atoms with Crippen molar-refractivity contribution in [2.45, 2.75) is 46.1 Å². The number of hydrogen-bond acceptors (Lipinski definition) is 4. The highest BCUT2D eigenvalue weighted by Crippen LogP contribution is 2.01. The quantitative estimate of drug-likeness (QED) is 0.398. The summed E-state index contributed by atoms with van der Waals surface area (Å²) in [5, 5.41) is 2.49. The summed E-state index contributed by atoms with van der Waals surface area (Å²) in [6.07, 6.45) is 3.03. The molecule has 0 heterocycles. The highest BCUT2D eigenvalue weighted by Gasteiger charge is 2.21. The maximum absolute atomic E-state index is 11.8. The fraction of sp³-hybridized carbons (Fsp3) is 0.714. The van der Waals surface area contributed by atoms with Gasteiger partial charge in [-0.3, -0.25) is 0 Å². The molecule has 5 nitrogen and oxygen atoms in total. The van der Waals surface area contributed by atoms with Crippen molar-refractivity contribution in [2.75, 3.05) is 13.2 Å². The number of ether oxygens (including phenoxy) is 2. The van der Waals surface area contributed by atoms with Crippen molar-refractivity contribution < 1.29 is 19.1 Å². The van der Waals surface area contributed by atoms with Gasteiger partial charge in [-0.15, -0.1) is 6.58 Å². The van der Waals surface area contributed by atoms with E-state index >= 15 is 0 Å². The van der Waals surface area contributed by atoms with E-state index in [1.54, 1.807) is 6.08 Å². The second-order valence-electron chi connectivity index (χ2n) is 4.73. The average molecular weight is 271 g/mol. The molecule has 1 amide bonds. The summed E-state index contributed by atoms with van der Waals surface area (Å²) in [5.41, 5.74) is 0. The molecule has 0 aromatic rings. The van der Waals surface area contributed by atoms with Crippen molar-refractivity contribution in [3.63, 3.8) is 0 Å². The number of amides is 1. The van der Waals surface area contributed by atoms with Crippen molar-refractivity contribution in [3.05, 3.63) is 12.7 Å². The highest BCUT2D eigenvalue weighted by atomic mass is 16.6. The van der Waals surface area contributed by atoms with Crippen LogP contribution in [0.15, 0.2) is 12.7 Å². The summed E-state index contributed by atoms with van der Waals surface area (Å²) in [6.45, 7) is 10.1. The number of carbonyl (C=O) groups is 2. The third-order valence-electron chi connectivity index (χ3n) is 2.27. The van der Waals surface area contributed by atoms with Crippen LogP contribution in [0.4, 0.5) is 4.79 Å². The molecule has 1 unspecified atom stereocenters. The molecule has 0 aliphatic carbocycles. The molecule has 0 aliphatic rings. The molecule has 0 bridgehead atoms. The SMILES string of the molecule is C=CCC(NC(=O)OCCCC)C(=O)OCC(C)C. The Kier molecular flexibility index (Phi) is 9.57. The molecule has 0 rings (SSSR count). The van der Waals surface area contributed by atoms with E-state index in [4.69, 9.17) is 9.47 Å². The van der Waals surface area contributed by atoms with Gasteiger partial charge in [0.1, 0.15) is 6.04 Å². The van der Waals surface area contributed by atoms with Crippen molar-refractivity contribution in [1.29, 1.82) is 0 Å². The lowest BCUT2D eigenvalue weighted by Crippen LogP contribution is -2.42. The summed E-state index contributed by atoms with van der Waals surface area (Å²) in [7, 11) is 0. The van der Waals surface area contributed by atoms with Crippen LogP contribution in [-0.2, 0) is 14.3 Å². The number of carbonyl (C=O) groups excluding carboxylic acids is 2. The number of rotatable bonds is 9. The minimum atomic E-state index is -0.731. The Hall–Kier alpha value is -1.52. The second kappa shape index (κ2) is 10.4. The van der Waals surface area contributed by atoms with Gasteiger partial charge in [0.15, 0.2) is 0 Å². The zero-order valence-electron chi connectivity index (χ0n) is 12.1. The Morgan fingerprint density at radius 1 is 1.32 bits per heavy atom. The van der Waals surface area contributed by atoms with Gasteiger partial charge in [0.05, 0.1) is 13.2 Å². The first-order chi connectivity index (χ1) is 9.01. The van der Waals surface area contributed by atoms with E-state index in [9.17, 15) is 9.59 Å². The number of hydrogen-bond donors (Lipinski definition) is 1. The lowest BCUT2D eigenvalue weighted by molar-refractivity contribution is -0.147. The van der Waals surface area contributed by atoms with Crippen LogP contribution in [0.5, 0.6) is 0 Å². The summed E-state index contributed by atoms with van der Waals surface area (Å²) < 4.78 is 10.0. The van der Waals surface area contributed by atoms with Crippen molar-refractivity contribution in [2.24, 2.45) is 5.92 Å². The van der Waals surface area contributed by atoms with Crippen molar-refractivity contribution >= 4 is 12.1 Å². The fourth-order valence-electron chi connectivity index (χ4n) is 1.22. The topological polar surface area (TPSA) is 64.6 Å². The molecule has 0 radical (unpaired) electrons. The molecule has 0 aliphatic heterocycles. The Labute approximate surface area is 115 Å². The second-order valence-corrected chi connectivity index (χ2v) is 4.73. The minimum Gasteiger partial charge on any atom is -0.464 e. The van der Waals surface area contributed by atoms with Gasteiger partial charge < -0.3 is 14.8 Å². The highest BCUT2D eigenvalue weighted by molar-refractivity contribution is 5.81. The van der Waals surface area contributed by atoms with Gasteiger partial charge >= 0.3 is 12.1 Å². The van der Waals surface area contributed by atoms with Crippen LogP contribution in [0.1, 0.15) is 40.0 Å². The van der Waals surface area contributed by atoms with E-state index in [1.807, 2.05) is 20.8 Å². The van der Waals surface area contributed by atoms with E-state index in [0.717, 1.165) is 12.8 Å². The van der Waals surface area contributed by atoms with E-state index in [1.165, 1.54) is 0 Å². The van der Waals surface area contributed by atoms with Crippen LogP contribution in [0.25, 0.3) is 0 Å². The Morgan fingerprint density at radius 2 is 2.00 bits per heavy atom. The van der Waals surface area contributed by atoms with Crippen LogP contribution in [0.3, 0.4) is 0 Å². The van der Waals surface area contributed by atoms with Gasteiger partial charge in [0.25, 0.3) is 0 Å². The Balaban J connectivity index is 4.19. The Bertz CT molecular complexity index is 289. The third-order valence-corrected chi connectivity index (χ3v) is 2.27. The molecule has 110 valence electrons. The van der Waals surface area contributed by atoms with E-state index < -0.39 is 18.1 Å². The molecule has 19 heavy (non-hydrogen) atoms. The standard InChI is InChI=1S/C14H25NO4/c1-5-7-9-18-14(17)15-12(8-6-2)13(16)19-10-11(3)4/h6,11-12H,2,5,7-10H2,1,3-4H3,(H,15,17). The minimum absolute atomic E-state index is 0.254. The predicted octanol–water partition coefficient (Wildman–Crippen LogP) is 2.66. The third kappa shape index (κ3) is 9.11. The van der Waals surface area contributed by atoms with Gasteiger partial charge in [-0.1, -0.05) is 33.3 Å². The predicted molar refractivity (Wildman–Crippen MR) is 73.8 cm³/mol. The van der Waals surface area contributed by atoms with Gasteiger partial charge in [-0.25, -0.2) is 9.59 Å². The van der Waals surface area contributed by atoms with E-state index in [2.05, 4.69) is 11.9 Å². The zero-order chi connectivity index (χ0) is 14.7. The van der Waals surface area contributed by atoms with Crippen molar-refractivity contribution in [1.82, 2.24) is 5.32 Å². The first-order valence-electron chi connectivity index (χ1n) is 6.72. The van der Waals surface area contributed by atoms with Gasteiger partial charge in [0, 0.05) is 0 Å². The monoisotopic (exact) mass is 271 g/mol. The number of unbranched alkanes of at least 4 members (excludes halogenated alkanes) is 1. The van der Waals surface area contributed by atoms with Crippen LogP contribution < -0.4 is 5.32 Å². The molecule has 5 heteroatoms. The number of nitrogens with one attached hydrogen (secondary N) is 1. The number of alkyl carbamates (subject to hydrolysis) is 1. The molecular weight excluding hydrogens is 246 g/mol. The molecule has 0 aromatic heterocycles. The Morgan fingerprint density at radius 3 is 2.53 bits per heavy atom. The molecule has 0 saturated heterocycles. The molecule has 0 saturated carbocycles. The van der Waals surface area contributed by atoms with E-state index in [0.29, 0.717) is 19.6 Å². The van der Waals surface area contributed by atoms with Crippen molar-refractivity contribution in [3.8, 4) is 0 Å². The largest absolute Gasteiger partial charge is 0.464 e. The van der Waals surface area contributed by atoms with Gasteiger partial charge in [-0.2, -0.15) is 0 Å². The van der Waals surface area contributed by atoms with Crippen LogP contribution in [0.2, 0.25) is 0 Å². The summed E-state index contributed by atoms with van der Waals surface area (Å²) in [6, 6.07) is -0.731. The zero-order valence-corrected chi connectivity index (χ0v) is 12.1. The molecule has 1 N–H and O–H groups in total. The lowest BCUT2D eigenvalue weighted by Gasteiger charge is -2.17. The maximum Gasteiger partial charge on any atom is 0.407 e. The first kappa shape index (κ1) is 17.5. The lowest BCUT2D eigenvalue weighted by atomic mass is 10.2. The fourth-order valence-corrected chi connectivity index (χ4v) is 1.22. The van der Waals surface area contributed by atoms with Gasteiger partial charge in [0.2, 0.25) is 0 Å². The van der Waals surface area contributed by atoms with Crippen LogP contribution >= 0.6 is 0 Å². The molecule has 0 fully saturated rings. The molecular formula is C14H25NO4. The molecule has 1 atom stereocenters. The smallest absolute Gasteiger partial charge is 0.407 e. The van der Waals surface area contributed by atoms with Gasteiger partial charge in [-0.05, 0) is 18.8 Å². The molecule has 0 spiro atoms. The maximum atomic E-state index is 11.8. The summed E-state index contributed by atoms with van der Waals surface area (Å²) in [4.78, 5) is 23.2. The summed E-state index contributed by atoms with van der Waals surface area (Å²) in [5.74, 6) is -0.203. The summed E-state index contributed by atoms with van der Waals surface area (Å²) >= 11 is 0. The molecule has 0 aromatic carbocycles. The normalized spacial score (nSPS) is 11.8. The van der Waals surface area contributed by atoms with Crippen LogP contribution in [-0.4, -0.2) is 31.3 Å². The van der Waals surface area contributed by atoms with Crippen LogP contribution in [0, 0.1) is 5.92 Å². The average Bonchev–Trinajstić information content (AvgIpc) is 2.35. The number of esters is 1. The van der Waals surface area contributed by atoms with E-state index in [-0.39, 0.29) is 5.92 Å².